The number of ether oxygens (including phenoxy) is 1. The van der Waals surface area contributed by atoms with Crippen LogP contribution >= 0.6 is 12.2 Å². The summed E-state index contributed by atoms with van der Waals surface area (Å²) in [5, 5.41) is 0. The second-order valence-electron chi connectivity index (χ2n) is 4.46. The Hall–Kier alpha value is -1.38. The summed E-state index contributed by atoms with van der Waals surface area (Å²) >= 11 is 4.94. The minimum Gasteiger partial charge on any atom is -0.495 e. The van der Waals surface area contributed by atoms with Gasteiger partial charge in [-0.05, 0) is 26.0 Å². The molecule has 0 bridgehead atoms. The number of anilines is 1. The normalized spacial score (nSPS) is 11.7. The lowest BCUT2D eigenvalue weighted by atomic mass is 10.1. The van der Waals surface area contributed by atoms with E-state index in [0.29, 0.717) is 11.3 Å². The van der Waals surface area contributed by atoms with E-state index in [4.69, 9.17) is 22.7 Å². The molecule has 0 saturated heterocycles. The Morgan fingerprint density at radius 2 is 2.05 bits per heavy atom. The molecule has 0 aromatic heterocycles. The molecule has 0 aliphatic rings. The van der Waals surface area contributed by atoms with Gasteiger partial charge >= 0.3 is 10.2 Å². The summed E-state index contributed by atoms with van der Waals surface area (Å²) in [5.41, 5.74) is 6.28. The second kappa shape index (κ2) is 6.38. The molecule has 3 N–H and O–H groups in total. The van der Waals surface area contributed by atoms with Crippen molar-refractivity contribution in [2.45, 2.75) is 19.9 Å². The highest BCUT2D eigenvalue weighted by Crippen LogP contribution is 2.29. The highest BCUT2D eigenvalue weighted by Gasteiger charge is 2.23. The van der Waals surface area contributed by atoms with Gasteiger partial charge < -0.3 is 10.5 Å². The molecule has 0 heterocycles. The molecule has 0 saturated carbocycles. The number of hydrogen-bond acceptors (Lipinski definition) is 4. The van der Waals surface area contributed by atoms with E-state index >= 15 is 0 Å². The number of nitrogens with two attached hydrogens (primary N) is 1. The molecule has 0 spiro atoms. The van der Waals surface area contributed by atoms with Crippen molar-refractivity contribution >= 4 is 33.1 Å². The maximum absolute atomic E-state index is 12.3. The van der Waals surface area contributed by atoms with E-state index in [1.54, 1.807) is 32.0 Å². The van der Waals surface area contributed by atoms with Crippen LogP contribution < -0.4 is 15.2 Å². The smallest absolute Gasteiger partial charge is 0.301 e. The predicted octanol–water partition coefficient (Wildman–Crippen LogP) is 1.33. The maximum Gasteiger partial charge on any atom is 0.301 e. The van der Waals surface area contributed by atoms with Crippen molar-refractivity contribution in [1.82, 2.24) is 4.31 Å². The SMILES string of the molecule is COc1cccc(C(N)=S)c1NS(=O)(=O)N(C)C(C)C. The first kappa shape index (κ1) is 16.7. The van der Waals surface area contributed by atoms with Gasteiger partial charge in [0.2, 0.25) is 0 Å². The molecular formula is C12H19N3O3S2. The third-order valence-corrected chi connectivity index (χ3v) is 4.71. The van der Waals surface area contributed by atoms with Gasteiger partial charge in [-0.3, -0.25) is 4.72 Å². The molecule has 1 aromatic rings. The zero-order valence-corrected chi connectivity index (χ0v) is 13.5. The van der Waals surface area contributed by atoms with Crippen LogP contribution in [0.4, 0.5) is 5.69 Å². The van der Waals surface area contributed by atoms with Gasteiger partial charge in [0.25, 0.3) is 0 Å². The quantitative estimate of drug-likeness (QED) is 0.773. The summed E-state index contributed by atoms with van der Waals surface area (Å²) in [7, 11) is -0.777. The van der Waals surface area contributed by atoms with E-state index in [1.165, 1.54) is 18.5 Å². The molecule has 0 aliphatic carbocycles. The fourth-order valence-electron chi connectivity index (χ4n) is 1.49. The Morgan fingerprint density at radius 3 is 2.50 bits per heavy atom. The largest absolute Gasteiger partial charge is 0.495 e. The number of para-hydroxylation sites is 1. The number of benzene rings is 1. The summed E-state index contributed by atoms with van der Waals surface area (Å²) in [5.74, 6) is 0.357. The molecule has 1 aromatic carbocycles. The molecule has 0 unspecified atom stereocenters. The van der Waals surface area contributed by atoms with Crippen molar-refractivity contribution in [3.05, 3.63) is 23.8 Å². The van der Waals surface area contributed by atoms with E-state index in [-0.39, 0.29) is 16.7 Å². The molecule has 20 heavy (non-hydrogen) atoms. The summed E-state index contributed by atoms with van der Waals surface area (Å²) in [6.07, 6.45) is 0. The molecule has 1 rings (SSSR count). The lowest BCUT2D eigenvalue weighted by Crippen LogP contribution is -2.37. The van der Waals surface area contributed by atoms with Crippen LogP contribution in [-0.4, -0.2) is 37.9 Å². The van der Waals surface area contributed by atoms with E-state index in [0.717, 1.165) is 0 Å². The van der Waals surface area contributed by atoms with Gasteiger partial charge in [0.05, 0.1) is 7.11 Å². The van der Waals surface area contributed by atoms with Crippen LogP contribution in [0.3, 0.4) is 0 Å². The Morgan fingerprint density at radius 1 is 1.45 bits per heavy atom. The van der Waals surface area contributed by atoms with Crippen molar-refractivity contribution in [2.75, 3.05) is 18.9 Å². The molecule has 112 valence electrons. The van der Waals surface area contributed by atoms with Crippen LogP contribution in [-0.2, 0) is 10.2 Å². The highest BCUT2D eigenvalue weighted by molar-refractivity contribution is 7.90. The van der Waals surface area contributed by atoms with Crippen molar-refractivity contribution in [2.24, 2.45) is 5.73 Å². The molecule has 0 aliphatic heterocycles. The Balaban J connectivity index is 3.30. The summed E-state index contributed by atoms with van der Waals surface area (Å²) in [6, 6.07) is 4.78. The van der Waals surface area contributed by atoms with Crippen LogP contribution in [0.15, 0.2) is 18.2 Å². The van der Waals surface area contributed by atoms with Crippen LogP contribution in [0.5, 0.6) is 5.75 Å². The number of thiocarbonyl (C=S) groups is 1. The molecule has 6 nitrogen and oxygen atoms in total. The third-order valence-electron chi connectivity index (χ3n) is 2.85. The van der Waals surface area contributed by atoms with Crippen LogP contribution in [0.25, 0.3) is 0 Å². The predicted molar refractivity (Wildman–Crippen MR) is 84.3 cm³/mol. The Labute approximate surface area is 125 Å². The third kappa shape index (κ3) is 3.59. The number of hydrogen-bond donors (Lipinski definition) is 2. The molecular weight excluding hydrogens is 298 g/mol. The minimum atomic E-state index is -3.71. The topological polar surface area (TPSA) is 84.7 Å². The molecule has 0 fully saturated rings. The maximum atomic E-state index is 12.3. The van der Waals surface area contributed by atoms with Crippen molar-refractivity contribution in [3.63, 3.8) is 0 Å². The first-order valence-electron chi connectivity index (χ1n) is 5.93. The standard InChI is InChI=1S/C12H19N3O3S2/c1-8(2)15(3)20(16,17)14-11-9(12(13)19)6-5-7-10(11)18-4/h5-8,14H,1-4H3,(H2,13,19). The molecule has 0 atom stereocenters. The van der Waals surface area contributed by atoms with Gasteiger partial charge in [-0.15, -0.1) is 0 Å². The minimum absolute atomic E-state index is 0.0915. The van der Waals surface area contributed by atoms with Gasteiger partial charge in [0.15, 0.2) is 0 Å². The average molecular weight is 317 g/mol. The lowest BCUT2D eigenvalue weighted by molar-refractivity contribution is 0.410. The first-order valence-corrected chi connectivity index (χ1v) is 7.78. The molecule has 0 radical (unpaired) electrons. The zero-order valence-electron chi connectivity index (χ0n) is 11.9. The lowest BCUT2D eigenvalue weighted by Gasteiger charge is -2.23. The second-order valence-corrected chi connectivity index (χ2v) is 6.63. The van der Waals surface area contributed by atoms with Gasteiger partial charge in [-0.1, -0.05) is 18.3 Å². The monoisotopic (exact) mass is 317 g/mol. The number of nitrogens with one attached hydrogen (secondary N) is 1. The van der Waals surface area contributed by atoms with Gasteiger partial charge in [0, 0.05) is 18.7 Å². The van der Waals surface area contributed by atoms with Crippen molar-refractivity contribution < 1.29 is 13.2 Å². The Bertz CT molecular complexity index is 600. The van der Waals surface area contributed by atoms with Crippen LogP contribution in [0.2, 0.25) is 0 Å². The van der Waals surface area contributed by atoms with Crippen LogP contribution in [0, 0.1) is 0 Å². The van der Waals surface area contributed by atoms with Crippen molar-refractivity contribution in [3.8, 4) is 5.75 Å². The molecule has 8 heteroatoms. The zero-order chi connectivity index (χ0) is 15.5. The fourth-order valence-corrected chi connectivity index (χ4v) is 2.83. The van der Waals surface area contributed by atoms with Crippen molar-refractivity contribution in [1.29, 1.82) is 0 Å². The first-order chi connectivity index (χ1) is 9.20. The summed E-state index contributed by atoms with van der Waals surface area (Å²) < 4.78 is 33.4. The van der Waals surface area contributed by atoms with E-state index in [2.05, 4.69) is 4.72 Å². The highest BCUT2D eigenvalue weighted by atomic mass is 32.2. The van der Waals surface area contributed by atoms with E-state index in [1.807, 2.05) is 0 Å². The van der Waals surface area contributed by atoms with Gasteiger partial charge in [-0.25, -0.2) is 0 Å². The summed E-state index contributed by atoms with van der Waals surface area (Å²) in [6.45, 7) is 3.55. The van der Waals surface area contributed by atoms with Gasteiger partial charge in [0.1, 0.15) is 16.4 Å². The van der Waals surface area contributed by atoms with E-state index in [9.17, 15) is 8.42 Å². The molecule has 0 amide bonds. The van der Waals surface area contributed by atoms with E-state index < -0.39 is 10.2 Å². The number of rotatable bonds is 6. The fraction of sp³-hybridized carbons (Fsp3) is 0.417. The summed E-state index contributed by atoms with van der Waals surface area (Å²) in [4.78, 5) is 0.0915. The van der Waals surface area contributed by atoms with Crippen LogP contribution in [0.1, 0.15) is 19.4 Å². The Kier molecular flexibility index (Phi) is 5.32. The number of methoxy groups -OCH3 is 1. The number of nitrogens with zero attached hydrogens (tertiary/aromatic N) is 1. The van der Waals surface area contributed by atoms with Gasteiger partial charge in [-0.2, -0.15) is 12.7 Å². The average Bonchev–Trinajstić information content (AvgIpc) is 2.37.